The summed E-state index contributed by atoms with van der Waals surface area (Å²) >= 11 is 0. The molecule has 2 aliphatic heterocycles. The topological polar surface area (TPSA) is 108 Å². The van der Waals surface area contributed by atoms with Crippen molar-refractivity contribution >= 4 is 17.8 Å². The number of carbonyl (C=O) groups is 3. The largest absolute Gasteiger partial charge is 0.508 e. The summed E-state index contributed by atoms with van der Waals surface area (Å²) < 4.78 is 5.32. The van der Waals surface area contributed by atoms with Crippen molar-refractivity contribution in [3.8, 4) is 5.75 Å². The number of benzene rings is 2. The van der Waals surface area contributed by atoms with E-state index in [4.69, 9.17) is 4.74 Å². The number of piperidine rings is 1. The fraction of sp³-hybridized carbons (Fsp3) is 0.346. The lowest BCUT2D eigenvalue weighted by molar-refractivity contribution is -0.139. The number of hydrogen-bond donors (Lipinski definition) is 3. The summed E-state index contributed by atoms with van der Waals surface area (Å²) in [5.74, 6) is -0.351. The number of nitrogens with one attached hydrogen (secondary N) is 2. The third-order valence-electron chi connectivity index (χ3n) is 6.27. The molecule has 0 spiro atoms. The summed E-state index contributed by atoms with van der Waals surface area (Å²) in [5, 5.41) is 15.1. The standard InChI is InChI=1S/C26H29N3O5/c1-2-34-25(32)22-21(27-26(33)28-23(22)17-6-4-3-5-7-17)16-29-14-12-19(13-15-29)24(31)18-8-10-20(30)11-9-18/h3-11,19,23,30H,2,12-16H2,1H3,(H2,27,28,33). The van der Waals surface area contributed by atoms with Crippen LogP contribution in [0, 0.1) is 5.92 Å². The summed E-state index contributed by atoms with van der Waals surface area (Å²) in [7, 11) is 0. The molecule has 2 aliphatic rings. The van der Waals surface area contributed by atoms with Gasteiger partial charge in [0.1, 0.15) is 5.75 Å². The highest BCUT2D eigenvalue weighted by Gasteiger charge is 2.35. The van der Waals surface area contributed by atoms with Crippen LogP contribution < -0.4 is 10.6 Å². The fourth-order valence-electron chi connectivity index (χ4n) is 4.53. The molecule has 0 radical (unpaired) electrons. The number of urea groups is 1. The van der Waals surface area contributed by atoms with Crippen molar-refractivity contribution in [2.24, 2.45) is 5.92 Å². The Morgan fingerprint density at radius 2 is 1.74 bits per heavy atom. The van der Waals surface area contributed by atoms with Crippen molar-refractivity contribution in [2.75, 3.05) is 26.2 Å². The number of likely N-dealkylation sites (tertiary alicyclic amines) is 1. The molecule has 8 nitrogen and oxygen atoms in total. The minimum Gasteiger partial charge on any atom is -0.508 e. The summed E-state index contributed by atoms with van der Waals surface area (Å²) in [5.41, 5.74) is 2.32. The Labute approximate surface area is 198 Å². The molecule has 1 fully saturated rings. The Morgan fingerprint density at radius 3 is 2.38 bits per heavy atom. The maximum absolute atomic E-state index is 12.9. The molecule has 4 rings (SSSR count). The Hall–Kier alpha value is -3.65. The zero-order valence-corrected chi connectivity index (χ0v) is 19.1. The Morgan fingerprint density at radius 1 is 1.06 bits per heavy atom. The van der Waals surface area contributed by atoms with Crippen LogP contribution in [0.15, 0.2) is 65.9 Å². The molecule has 2 aromatic rings. The first-order valence-corrected chi connectivity index (χ1v) is 11.5. The molecule has 2 heterocycles. The number of phenolic OH excluding ortho intramolecular Hbond substituents is 1. The zero-order valence-electron chi connectivity index (χ0n) is 19.1. The van der Waals surface area contributed by atoms with Gasteiger partial charge in [-0.05, 0) is 62.7 Å². The van der Waals surface area contributed by atoms with E-state index >= 15 is 0 Å². The molecule has 0 aliphatic carbocycles. The van der Waals surface area contributed by atoms with E-state index in [2.05, 4.69) is 15.5 Å². The molecule has 0 aromatic heterocycles. The average Bonchev–Trinajstić information content (AvgIpc) is 2.85. The number of rotatable bonds is 7. The third-order valence-corrected chi connectivity index (χ3v) is 6.27. The van der Waals surface area contributed by atoms with E-state index in [0.717, 1.165) is 5.56 Å². The maximum atomic E-state index is 12.9. The lowest BCUT2D eigenvalue weighted by atomic mass is 9.88. The quantitative estimate of drug-likeness (QED) is 0.430. The highest BCUT2D eigenvalue weighted by atomic mass is 16.5. The molecule has 3 N–H and O–H groups in total. The minimum atomic E-state index is -0.599. The van der Waals surface area contributed by atoms with Crippen LogP contribution in [0.4, 0.5) is 4.79 Å². The van der Waals surface area contributed by atoms with E-state index in [1.807, 2.05) is 30.3 Å². The summed E-state index contributed by atoms with van der Waals surface area (Å²) in [6.07, 6.45) is 1.35. The number of nitrogens with zero attached hydrogens (tertiary/aromatic N) is 1. The molecule has 34 heavy (non-hydrogen) atoms. The maximum Gasteiger partial charge on any atom is 0.338 e. The molecule has 2 amide bonds. The van der Waals surface area contributed by atoms with Gasteiger partial charge in [-0.25, -0.2) is 9.59 Å². The van der Waals surface area contributed by atoms with Gasteiger partial charge < -0.3 is 20.5 Å². The number of ether oxygens (including phenoxy) is 1. The van der Waals surface area contributed by atoms with Gasteiger partial charge in [-0.1, -0.05) is 30.3 Å². The van der Waals surface area contributed by atoms with E-state index in [-0.39, 0.29) is 30.1 Å². The summed E-state index contributed by atoms with van der Waals surface area (Å²) in [6, 6.07) is 14.7. The number of amides is 2. The first-order valence-electron chi connectivity index (χ1n) is 11.5. The van der Waals surface area contributed by atoms with Gasteiger partial charge in [-0.3, -0.25) is 9.69 Å². The van der Waals surface area contributed by atoms with Gasteiger partial charge in [0.25, 0.3) is 0 Å². The smallest absolute Gasteiger partial charge is 0.338 e. The Balaban J connectivity index is 1.50. The van der Waals surface area contributed by atoms with Crippen molar-refractivity contribution in [2.45, 2.75) is 25.8 Å². The minimum absolute atomic E-state index is 0.0744. The lowest BCUT2D eigenvalue weighted by Crippen LogP contribution is -2.49. The third kappa shape index (κ3) is 5.28. The van der Waals surface area contributed by atoms with Crippen molar-refractivity contribution in [1.82, 2.24) is 15.5 Å². The first kappa shape index (κ1) is 23.5. The van der Waals surface area contributed by atoms with Crippen LogP contribution >= 0.6 is 0 Å². The van der Waals surface area contributed by atoms with Crippen LogP contribution in [0.2, 0.25) is 0 Å². The second kappa shape index (κ2) is 10.5. The van der Waals surface area contributed by atoms with Crippen molar-refractivity contribution in [3.63, 3.8) is 0 Å². The van der Waals surface area contributed by atoms with Crippen LogP contribution in [0.1, 0.15) is 41.7 Å². The van der Waals surface area contributed by atoms with Gasteiger partial charge >= 0.3 is 12.0 Å². The number of aromatic hydroxyl groups is 1. The van der Waals surface area contributed by atoms with E-state index in [0.29, 0.717) is 49.3 Å². The molecule has 2 aromatic carbocycles. The summed E-state index contributed by atoms with van der Waals surface area (Å²) in [6.45, 7) is 3.68. The molecule has 8 heteroatoms. The molecule has 0 bridgehead atoms. The van der Waals surface area contributed by atoms with Gasteiger partial charge in [0.05, 0.1) is 18.2 Å². The highest BCUT2D eigenvalue weighted by Crippen LogP contribution is 2.29. The predicted molar refractivity (Wildman–Crippen MR) is 126 cm³/mol. The highest BCUT2D eigenvalue weighted by molar-refractivity contribution is 5.98. The Kier molecular flexibility index (Phi) is 7.27. The van der Waals surface area contributed by atoms with E-state index < -0.39 is 12.0 Å². The van der Waals surface area contributed by atoms with Crippen molar-refractivity contribution in [1.29, 1.82) is 0 Å². The normalized spacial score (nSPS) is 19.3. The molecule has 1 atom stereocenters. The van der Waals surface area contributed by atoms with Crippen molar-refractivity contribution < 1.29 is 24.2 Å². The monoisotopic (exact) mass is 463 g/mol. The van der Waals surface area contributed by atoms with E-state index in [1.165, 1.54) is 12.1 Å². The van der Waals surface area contributed by atoms with Gasteiger partial charge in [-0.15, -0.1) is 0 Å². The van der Waals surface area contributed by atoms with Crippen molar-refractivity contribution in [3.05, 3.63) is 77.0 Å². The SMILES string of the molecule is CCOC(=O)C1=C(CN2CCC(C(=O)c3ccc(O)cc3)CC2)NC(=O)NC1c1ccccc1. The molecular formula is C26H29N3O5. The van der Waals surface area contributed by atoms with Crippen LogP contribution in [0.5, 0.6) is 5.75 Å². The first-order chi connectivity index (χ1) is 16.5. The number of Topliss-reactive ketones (excluding diaryl/α,β-unsaturated/α-hetero) is 1. The van der Waals surface area contributed by atoms with Gasteiger partial charge in [-0.2, -0.15) is 0 Å². The second-order valence-corrected chi connectivity index (χ2v) is 8.52. The van der Waals surface area contributed by atoms with E-state index in [9.17, 15) is 19.5 Å². The molecule has 1 saturated heterocycles. The number of esters is 1. The number of ketones is 1. The van der Waals surface area contributed by atoms with Crippen LogP contribution in [0.25, 0.3) is 0 Å². The number of carbonyl (C=O) groups excluding carboxylic acids is 3. The van der Waals surface area contributed by atoms with Crippen LogP contribution in [-0.4, -0.2) is 54.0 Å². The second-order valence-electron chi connectivity index (χ2n) is 8.52. The molecule has 1 unspecified atom stereocenters. The Bertz CT molecular complexity index is 1070. The lowest BCUT2D eigenvalue weighted by Gasteiger charge is -2.35. The molecule has 178 valence electrons. The number of hydrogen-bond acceptors (Lipinski definition) is 6. The fourth-order valence-corrected chi connectivity index (χ4v) is 4.53. The number of phenols is 1. The van der Waals surface area contributed by atoms with Gasteiger partial charge in [0, 0.05) is 23.7 Å². The van der Waals surface area contributed by atoms with Crippen LogP contribution in [-0.2, 0) is 9.53 Å². The average molecular weight is 464 g/mol. The summed E-state index contributed by atoms with van der Waals surface area (Å²) in [4.78, 5) is 40.3. The molecule has 0 saturated carbocycles. The van der Waals surface area contributed by atoms with Crippen LogP contribution in [0.3, 0.4) is 0 Å². The van der Waals surface area contributed by atoms with Gasteiger partial charge in [0.2, 0.25) is 0 Å². The molecular weight excluding hydrogens is 434 g/mol. The van der Waals surface area contributed by atoms with E-state index in [1.54, 1.807) is 19.1 Å². The predicted octanol–water partition coefficient (Wildman–Crippen LogP) is 3.16. The van der Waals surface area contributed by atoms with Gasteiger partial charge in [0.15, 0.2) is 5.78 Å². The zero-order chi connectivity index (χ0) is 24.1.